The summed E-state index contributed by atoms with van der Waals surface area (Å²) in [5.74, 6) is 5.46. The Kier molecular flexibility index (Phi) is 6.83. The van der Waals surface area contributed by atoms with Crippen LogP contribution in [0.1, 0.15) is 47.7 Å². The van der Waals surface area contributed by atoms with Gasteiger partial charge in [0.05, 0.1) is 5.56 Å². The van der Waals surface area contributed by atoms with Crippen molar-refractivity contribution in [3.05, 3.63) is 34.9 Å². The minimum absolute atomic E-state index is 0.0108. The molecule has 0 aromatic heterocycles. The lowest BCUT2D eigenvalue weighted by molar-refractivity contribution is 0.0792. The highest BCUT2D eigenvalue weighted by Crippen LogP contribution is 2.13. The second-order valence-corrected chi connectivity index (χ2v) is 4.94. The first-order valence-corrected chi connectivity index (χ1v) is 7.06. The molecule has 0 saturated carbocycles. The van der Waals surface area contributed by atoms with Gasteiger partial charge in [0.15, 0.2) is 0 Å². The van der Waals surface area contributed by atoms with Crippen LogP contribution in [0.4, 0.5) is 0 Å². The number of rotatable bonds is 5. The summed E-state index contributed by atoms with van der Waals surface area (Å²) in [4.78, 5) is 14.2. The Labute approximate surface area is 121 Å². The van der Waals surface area contributed by atoms with E-state index in [1.165, 1.54) is 0 Å². The van der Waals surface area contributed by atoms with Crippen molar-refractivity contribution in [3.8, 4) is 11.8 Å². The molecule has 0 aliphatic rings. The van der Waals surface area contributed by atoms with Crippen LogP contribution in [0.15, 0.2) is 18.2 Å². The molecule has 3 heteroatoms. The van der Waals surface area contributed by atoms with Crippen LogP contribution in [0.25, 0.3) is 0 Å². The van der Waals surface area contributed by atoms with E-state index in [1.807, 2.05) is 32.2 Å². The zero-order valence-corrected chi connectivity index (χ0v) is 12.6. The van der Waals surface area contributed by atoms with Gasteiger partial charge in [0.25, 0.3) is 5.91 Å². The maximum absolute atomic E-state index is 12.4. The van der Waals surface area contributed by atoms with Crippen molar-refractivity contribution in [1.82, 2.24) is 4.90 Å². The molecule has 3 nitrogen and oxygen atoms in total. The lowest BCUT2D eigenvalue weighted by Crippen LogP contribution is -2.28. The summed E-state index contributed by atoms with van der Waals surface area (Å²) in [6.45, 7) is 4.66. The van der Waals surface area contributed by atoms with Gasteiger partial charge >= 0.3 is 0 Å². The minimum atomic E-state index is -0.200. The van der Waals surface area contributed by atoms with Crippen LogP contribution in [0.5, 0.6) is 0 Å². The van der Waals surface area contributed by atoms with Crippen molar-refractivity contribution in [2.24, 2.45) is 0 Å². The summed E-state index contributed by atoms with van der Waals surface area (Å²) in [5.41, 5.74) is 2.35. The fourth-order valence-corrected chi connectivity index (χ4v) is 1.99. The van der Waals surface area contributed by atoms with Crippen molar-refractivity contribution in [3.63, 3.8) is 0 Å². The van der Waals surface area contributed by atoms with Gasteiger partial charge in [0, 0.05) is 19.2 Å². The largest absolute Gasteiger partial charge is 0.384 e. The molecule has 0 bridgehead atoms. The molecule has 0 fully saturated rings. The summed E-state index contributed by atoms with van der Waals surface area (Å²) in [5, 5.41) is 8.81. The zero-order chi connectivity index (χ0) is 15.0. The number of nitrogens with zero attached hydrogens (tertiary/aromatic N) is 1. The van der Waals surface area contributed by atoms with Crippen LogP contribution >= 0.6 is 0 Å². The highest BCUT2D eigenvalue weighted by atomic mass is 16.2. The molecule has 1 aromatic rings. The Morgan fingerprint density at radius 3 is 2.75 bits per heavy atom. The summed E-state index contributed by atoms with van der Waals surface area (Å²) in [7, 11) is 1.82. The molecule has 0 heterocycles. The van der Waals surface area contributed by atoms with E-state index in [4.69, 9.17) is 5.11 Å². The van der Waals surface area contributed by atoms with Crippen LogP contribution in [0, 0.1) is 18.8 Å². The third-order valence-electron chi connectivity index (χ3n) is 3.15. The number of aliphatic hydroxyl groups excluding tert-OH is 1. The van der Waals surface area contributed by atoms with Gasteiger partial charge in [-0.25, -0.2) is 0 Å². The lowest BCUT2D eigenvalue weighted by Gasteiger charge is -2.18. The monoisotopic (exact) mass is 273 g/mol. The van der Waals surface area contributed by atoms with Crippen molar-refractivity contribution < 1.29 is 9.90 Å². The molecular formula is C17H23NO2. The Balaban J connectivity index is 2.91. The van der Waals surface area contributed by atoms with Crippen LogP contribution in [0.3, 0.4) is 0 Å². The van der Waals surface area contributed by atoms with Crippen molar-refractivity contribution in [2.75, 3.05) is 20.2 Å². The molecule has 1 rings (SSSR count). The fourth-order valence-electron chi connectivity index (χ4n) is 1.99. The highest BCUT2D eigenvalue weighted by molar-refractivity contribution is 5.96. The molecule has 0 aliphatic heterocycles. The molecule has 1 aromatic carbocycles. The SMILES string of the molecule is CCCCCN(C)C(=O)c1ccc(C)cc1C#CCO. The number of hydrogen-bond donors (Lipinski definition) is 1. The molecule has 1 N–H and O–H groups in total. The number of unbranched alkanes of at least 4 members (excludes halogenated alkanes) is 2. The van der Waals surface area contributed by atoms with Crippen molar-refractivity contribution in [2.45, 2.75) is 33.1 Å². The van der Waals surface area contributed by atoms with Crippen LogP contribution in [-0.4, -0.2) is 36.1 Å². The first kappa shape index (κ1) is 16.3. The summed E-state index contributed by atoms with van der Waals surface area (Å²) in [6, 6.07) is 5.61. The normalized spacial score (nSPS) is 9.80. The Bertz CT molecular complexity index is 511. The smallest absolute Gasteiger partial charge is 0.254 e. The van der Waals surface area contributed by atoms with Gasteiger partial charge in [0.1, 0.15) is 6.61 Å². The van der Waals surface area contributed by atoms with Gasteiger partial charge < -0.3 is 10.0 Å². The molecule has 0 unspecified atom stereocenters. The van der Waals surface area contributed by atoms with E-state index in [2.05, 4.69) is 18.8 Å². The van der Waals surface area contributed by atoms with Gasteiger partial charge in [-0.15, -0.1) is 0 Å². The number of aryl methyl sites for hydroxylation is 1. The molecule has 0 radical (unpaired) electrons. The van der Waals surface area contributed by atoms with E-state index in [-0.39, 0.29) is 12.5 Å². The van der Waals surface area contributed by atoms with Gasteiger partial charge in [-0.1, -0.05) is 37.7 Å². The van der Waals surface area contributed by atoms with Crippen molar-refractivity contribution >= 4 is 5.91 Å². The number of amides is 1. The Morgan fingerprint density at radius 2 is 2.10 bits per heavy atom. The first-order valence-electron chi connectivity index (χ1n) is 7.06. The molecule has 0 spiro atoms. The number of carbonyl (C=O) groups is 1. The lowest BCUT2D eigenvalue weighted by atomic mass is 10.0. The topological polar surface area (TPSA) is 40.5 Å². The average molecular weight is 273 g/mol. The quantitative estimate of drug-likeness (QED) is 0.662. The molecule has 0 atom stereocenters. The van der Waals surface area contributed by atoms with Gasteiger partial charge in [-0.3, -0.25) is 4.79 Å². The van der Waals surface area contributed by atoms with Crippen LogP contribution < -0.4 is 0 Å². The molecule has 108 valence electrons. The zero-order valence-electron chi connectivity index (χ0n) is 12.6. The van der Waals surface area contributed by atoms with Crippen molar-refractivity contribution in [1.29, 1.82) is 0 Å². The van der Waals surface area contributed by atoms with E-state index in [0.29, 0.717) is 11.1 Å². The predicted octanol–water partition coefficient (Wildman–Crippen LogP) is 2.60. The second kappa shape index (κ2) is 8.39. The molecule has 0 aliphatic carbocycles. The number of hydrogen-bond acceptors (Lipinski definition) is 2. The van der Waals surface area contributed by atoms with Gasteiger partial charge in [0.2, 0.25) is 0 Å². The molecular weight excluding hydrogens is 250 g/mol. The van der Waals surface area contributed by atoms with E-state index < -0.39 is 0 Å². The third kappa shape index (κ3) is 4.71. The molecule has 0 saturated heterocycles. The number of aliphatic hydroxyl groups is 1. The maximum Gasteiger partial charge on any atom is 0.254 e. The molecule has 20 heavy (non-hydrogen) atoms. The standard InChI is InChI=1S/C17H23NO2/c1-4-5-6-11-18(3)17(20)16-10-9-14(2)13-15(16)8-7-12-19/h9-10,13,19H,4-6,11-12H2,1-3H3. The predicted molar refractivity (Wildman–Crippen MR) is 81.6 cm³/mol. The van der Waals surface area contributed by atoms with E-state index in [9.17, 15) is 4.79 Å². The Morgan fingerprint density at radius 1 is 1.35 bits per heavy atom. The Hall–Kier alpha value is -1.79. The fraction of sp³-hybridized carbons (Fsp3) is 0.471. The third-order valence-corrected chi connectivity index (χ3v) is 3.15. The first-order chi connectivity index (χ1) is 9.60. The summed E-state index contributed by atoms with van der Waals surface area (Å²) < 4.78 is 0. The highest BCUT2D eigenvalue weighted by Gasteiger charge is 2.14. The number of benzene rings is 1. The van der Waals surface area contributed by atoms with Crippen LogP contribution in [0.2, 0.25) is 0 Å². The molecule has 1 amide bonds. The van der Waals surface area contributed by atoms with E-state index >= 15 is 0 Å². The van der Waals surface area contributed by atoms with E-state index in [1.54, 1.807) is 4.90 Å². The minimum Gasteiger partial charge on any atom is -0.384 e. The van der Waals surface area contributed by atoms with E-state index in [0.717, 1.165) is 31.4 Å². The van der Waals surface area contributed by atoms with Gasteiger partial charge in [-0.2, -0.15) is 0 Å². The second-order valence-electron chi connectivity index (χ2n) is 4.94. The van der Waals surface area contributed by atoms with Crippen LogP contribution in [-0.2, 0) is 0 Å². The van der Waals surface area contributed by atoms with Gasteiger partial charge in [-0.05, 0) is 31.0 Å². The average Bonchev–Trinajstić information content (AvgIpc) is 2.44. The maximum atomic E-state index is 12.4. The summed E-state index contributed by atoms with van der Waals surface area (Å²) >= 11 is 0. The summed E-state index contributed by atoms with van der Waals surface area (Å²) in [6.07, 6.45) is 3.28. The number of carbonyl (C=O) groups excluding carboxylic acids is 1.